The van der Waals surface area contributed by atoms with Crippen LogP contribution in [0.1, 0.15) is 37.4 Å². The number of benzene rings is 1. The van der Waals surface area contributed by atoms with Gasteiger partial charge in [-0.25, -0.2) is 8.78 Å². The monoisotopic (exact) mass is 272 g/mol. The number of aliphatic hydroxyl groups excluding tert-OH is 1. The Morgan fingerprint density at radius 2 is 2.11 bits per heavy atom. The lowest BCUT2D eigenvalue weighted by Crippen LogP contribution is -2.10. The van der Waals surface area contributed by atoms with E-state index in [2.05, 4.69) is 0 Å². The van der Waals surface area contributed by atoms with E-state index in [0.29, 0.717) is 6.42 Å². The van der Waals surface area contributed by atoms with Gasteiger partial charge in [0, 0.05) is 18.7 Å². The van der Waals surface area contributed by atoms with Crippen molar-refractivity contribution in [3.05, 3.63) is 29.3 Å². The average molecular weight is 272 g/mol. The van der Waals surface area contributed by atoms with Gasteiger partial charge < -0.3 is 14.6 Å². The van der Waals surface area contributed by atoms with Gasteiger partial charge >= 0.3 is 0 Å². The molecule has 1 aliphatic rings. The molecule has 2 atom stereocenters. The van der Waals surface area contributed by atoms with E-state index in [1.54, 1.807) is 0 Å². The minimum Gasteiger partial charge on any atom is -0.497 e. The molecule has 0 saturated carbocycles. The molecule has 0 aliphatic carbocycles. The minimum absolute atomic E-state index is 0.0963. The summed E-state index contributed by atoms with van der Waals surface area (Å²) in [6.45, 7) is 0.728. The van der Waals surface area contributed by atoms with Crippen molar-refractivity contribution < 1.29 is 23.4 Å². The van der Waals surface area contributed by atoms with Crippen LogP contribution >= 0.6 is 0 Å². The molecular formula is C14H18F2O3. The first-order chi connectivity index (χ1) is 9.11. The summed E-state index contributed by atoms with van der Waals surface area (Å²) in [4.78, 5) is 0. The molecule has 0 spiro atoms. The number of methoxy groups -OCH3 is 1. The molecule has 2 rings (SSSR count). The summed E-state index contributed by atoms with van der Waals surface area (Å²) >= 11 is 0. The minimum atomic E-state index is -1.16. The van der Waals surface area contributed by atoms with Crippen LogP contribution in [0.2, 0.25) is 0 Å². The standard InChI is InChI=1S/C14H18F2O3/c1-18-10-7-11(15)14(12(16)8-10)13(17)5-4-9-3-2-6-19-9/h7-9,13,17H,2-6H2,1H3. The number of hydrogen-bond acceptors (Lipinski definition) is 3. The SMILES string of the molecule is COc1cc(F)c(C(O)CCC2CCCO2)c(F)c1. The van der Waals surface area contributed by atoms with Gasteiger partial charge in [0.05, 0.1) is 24.9 Å². The van der Waals surface area contributed by atoms with Gasteiger partial charge in [-0.05, 0) is 25.7 Å². The summed E-state index contributed by atoms with van der Waals surface area (Å²) in [6.07, 6.45) is 1.78. The van der Waals surface area contributed by atoms with E-state index in [0.717, 1.165) is 31.6 Å². The van der Waals surface area contributed by atoms with Crippen LogP contribution in [-0.2, 0) is 4.74 Å². The fraction of sp³-hybridized carbons (Fsp3) is 0.571. The summed E-state index contributed by atoms with van der Waals surface area (Å²) in [6, 6.07) is 2.15. The molecule has 0 bridgehead atoms. The Morgan fingerprint density at radius 1 is 1.42 bits per heavy atom. The lowest BCUT2D eigenvalue weighted by Gasteiger charge is -2.16. The van der Waals surface area contributed by atoms with Crippen LogP contribution in [0.15, 0.2) is 12.1 Å². The smallest absolute Gasteiger partial charge is 0.135 e. The molecule has 1 aliphatic heterocycles. The highest BCUT2D eigenvalue weighted by molar-refractivity contribution is 5.31. The van der Waals surface area contributed by atoms with Gasteiger partial charge in [-0.2, -0.15) is 0 Å². The van der Waals surface area contributed by atoms with Crippen molar-refractivity contribution in [1.82, 2.24) is 0 Å². The number of halogens is 2. The van der Waals surface area contributed by atoms with Gasteiger partial charge in [-0.3, -0.25) is 0 Å². The Hall–Kier alpha value is -1.20. The highest BCUT2D eigenvalue weighted by Crippen LogP contribution is 2.29. The number of ether oxygens (including phenoxy) is 2. The van der Waals surface area contributed by atoms with E-state index in [4.69, 9.17) is 9.47 Å². The summed E-state index contributed by atoms with van der Waals surface area (Å²) < 4.78 is 37.7. The third-order valence-corrected chi connectivity index (χ3v) is 3.41. The topological polar surface area (TPSA) is 38.7 Å². The van der Waals surface area contributed by atoms with Crippen molar-refractivity contribution in [1.29, 1.82) is 0 Å². The van der Waals surface area contributed by atoms with Crippen LogP contribution in [-0.4, -0.2) is 24.9 Å². The van der Waals surface area contributed by atoms with Gasteiger partial charge in [-0.15, -0.1) is 0 Å². The first-order valence-electron chi connectivity index (χ1n) is 6.44. The predicted molar refractivity (Wildman–Crippen MR) is 66.1 cm³/mol. The van der Waals surface area contributed by atoms with Crippen LogP contribution in [0.25, 0.3) is 0 Å². The van der Waals surface area contributed by atoms with E-state index in [1.807, 2.05) is 0 Å². The molecule has 1 aromatic carbocycles. The molecule has 2 unspecified atom stereocenters. The Labute approximate surface area is 111 Å². The second kappa shape index (κ2) is 6.30. The van der Waals surface area contributed by atoms with Gasteiger partial charge in [0.15, 0.2) is 0 Å². The Morgan fingerprint density at radius 3 is 2.63 bits per heavy atom. The van der Waals surface area contributed by atoms with E-state index in [1.165, 1.54) is 7.11 Å². The lowest BCUT2D eigenvalue weighted by atomic mass is 10.0. The Kier molecular flexibility index (Phi) is 4.71. The van der Waals surface area contributed by atoms with E-state index < -0.39 is 17.7 Å². The predicted octanol–water partition coefficient (Wildman–Crippen LogP) is 2.97. The fourth-order valence-corrected chi connectivity index (χ4v) is 2.36. The summed E-state index contributed by atoms with van der Waals surface area (Å²) in [5.74, 6) is -1.46. The first-order valence-corrected chi connectivity index (χ1v) is 6.44. The zero-order valence-corrected chi connectivity index (χ0v) is 10.9. The second-order valence-corrected chi connectivity index (χ2v) is 4.73. The van der Waals surface area contributed by atoms with E-state index >= 15 is 0 Å². The summed E-state index contributed by atoms with van der Waals surface area (Å²) in [7, 11) is 1.34. The molecule has 1 saturated heterocycles. The zero-order valence-electron chi connectivity index (χ0n) is 10.9. The van der Waals surface area contributed by atoms with Crippen molar-refractivity contribution in [3.8, 4) is 5.75 Å². The number of hydrogen-bond donors (Lipinski definition) is 1. The molecule has 0 aromatic heterocycles. The third kappa shape index (κ3) is 3.42. The molecule has 1 fully saturated rings. The average Bonchev–Trinajstić information content (AvgIpc) is 2.88. The van der Waals surface area contributed by atoms with Crippen molar-refractivity contribution in [2.75, 3.05) is 13.7 Å². The fourth-order valence-electron chi connectivity index (χ4n) is 2.36. The quantitative estimate of drug-likeness (QED) is 0.895. The maximum Gasteiger partial charge on any atom is 0.135 e. The molecule has 1 aromatic rings. The first kappa shape index (κ1) is 14.2. The maximum absolute atomic E-state index is 13.7. The molecule has 1 N–H and O–H groups in total. The molecule has 19 heavy (non-hydrogen) atoms. The van der Waals surface area contributed by atoms with Gasteiger partial charge in [-0.1, -0.05) is 0 Å². The van der Waals surface area contributed by atoms with E-state index in [9.17, 15) is 13.9 Å². The normalized spacial score (nSPS) is 20.5. The maximum atomic E-state index is 13.7. The van der Waals surface area contributed by atoms with Crippen LogP contribution in [0.3, 0.4) is 0 Å². The van der Waals surface area contributed by atoms with Crippen LogP contribution in [0.5, 0.6) is 5.75 Å². The highest BCUT2D eigenvalue weighted by Gasteiger charge is 2.22. The number of rotatable bonds is 5. The van der Waals surface area contributed by atoms with Crippen molar-refractivity contribution in [2.45, 2.75) is 37.9 Å². The summed E-state index contributed by atoms with van der Waals surface area (Å²) in [5.41, 5.74) is -0.293. The zero-order chi connectivity index (χ0) is 13.8. The van der Waals surface area contributed by atoms with Crippen molar-refractivity contribution in [2.24, 2.45) is 0 Å². The summed E-state index contributed by atoms with van der Waals surface area (Å²) in [5, 5.41) is 9.93. The Bertz CT molecular complexity index is 408. The van der Waals surface area contributed by atoms with Crippen molar-refractivity contribution in [3.63, 3.8) is 0 Å². The van der Waals surface area contributed by atoms with Gasteiger partial charge in [0.1, 0.15) is 17.4 Å². The molecule has 1 heterocycles. The molecule has 0 radical (unpaired) electrons. The van der Waals surface area contributed by atoms with Crippen LogP contribution < -0.4 is 4.74 Å². The van der Waals surface area contributed by atoms with Gasteiger partial charge in [0.2, 0.25) is 0 Å². The molecular weight excluding hydrogens is 254 g/mol. The number of aliphatic hydroxyl groups is 1. The second-order valence-electron chi connectivity index (χ2n) is 4.73. The molecule has 5 heteroatoms. The molecule has 0 amide bonds. The van der Waals surface area contributed by atoms with Crippen LogP contribution in [0, 0.1) is 11.6 Å². The molecule has 106 valence electrons. The van der Waals surface area contributed by atoms with Crippen molar-refractivity contribution >= 4 is 0 Å². The largest absolute Gasteiger partial charge is 0.497 e. The van der Waals surface area contributed by atoms with Gasteiger partial charge in [0.25, 0.3) is 0 Å². The highest BCUT2D eigenvalue weighted by atomic mass is 19.1. The Balaban J connectivity index is 2.03. The third-order valence-electron chi connectivity index (χ3n) is 3.41. The molecule has 3 nitrogen and oxygen atoms in total. The van der Waals surface area contributed by atoms with Crippen LogP contribution in [0.4, 0.5) is 8.78 Å². The lowest BCUT2D eigenvalue weighted by molar-refractivity contribution is 0.0792. The van der Waals surface area contributed by atoms with E-state index in [-0.39, 0.29) is 23.8 Å².